The largest absolute Gasteiger partial charge is 0.454 e. The zero-order chi connectivity index (χ0) is 26.7. The van der Waals surface area contributed by atoms with Crippen molar-refractivity contribution in [1.29, 1.82) is 0 Å². The van der Waals surface area contributed by atoms with Gasteiger partial charge in [-0.05, 0) is 47.2 Å². The SMILES string of the molecule is CC(C)CN(CC(=O)N(Cc1ccc2c(c1)OCO2)Cc1cccs1)S(=O)(=O)c1cccc2cccnc12. The van der Waals surface area contributed by atoms with Crippen molar-refractivity contribution in [2.75, 3.05) is 19.9 Å². The van der Waals surface area contributed by atoms with E-state index in [9.17, 15) is 13.2 Å². The number of carbonyl (C=O) groups excluding carboxylic acids is 1. The van der Waals surface area contributed by atoms with Crippen molar-refractivity contribution in [3.63, 3.8) is 0 Å². The molecule has 2 aromatic heterocycles. The second-order valence-corrected chi connectivity index (χ2v) is 12.5. The number of sulfonamides is 1. The molecule has 0 spiro atoms. The van der Waals surface area contributed by atoms with Crippen LogP contribution >= 0.6 is 11.3 Å². The quantitative estimate of drug-likeness (QED) is 0.279. The first-order valence-corrected chi connectivity index (χ1v) is 14.7. The molecule has 38 heavy (non-hydrogen) atoms. The first-order chi connectivity index (χ1) is 18.3. The molecule has 8 nitrogen and oxygen atoms in total. The van der Waals surface area contributed by atoms with Crippen LogP contribution < -0.4 is 9.47 Å². The van der Waals surface area contributed by atoms with Crippen molar-refractivity contribution in [3.8, 4) is 11.5 Å². The molecular weight excluding hydrogens is 522 g/mol. The summed E-state index contributed by atoms with van der Waals surface area (Å²) in [6.07, 6.45) is 1.58. The van der Waals surface area contributed by atoms with Gasteiger partial charge in [0.2, 0.25) is 22.7 Å². The molecule has 0 saturated carbocycles. The summed E-state index contributed by atoms with van der Waals surface area (Å²) in [5, 5.41) is 2.69. The summed E-state index contributed by atoms with van der Waals surface area (Å²) in [7, 11) is -4.00. The minimum atomic E-state index is -4.00. The van der Waals surface area contributed by atoms with Crippen LogP contribution in [0.15, 0.2) is 77.1 Å². The predicted molar refractivity (Wildman–Crippen MR) is 146 cm³/mol. The fourth-order valence-corrected chi connectivity index (χ4v) is 6.85. The summed E-state index contributed by atoms with van der Waals surface area (Å²) < 4.78 is 40.1. The second-order valence-electron chi connectivity index (χ2n) is 9.54. The number of aromatic nitrogens is 1. The molecule has 0 radical (unpaired) electrons. The molecule has 0 atom stereocenters. The minimum Gasteiger partial charge on any atom is -0.454 e. The van der Waals surface area contributed by atoms with E-state index in [2.05, 4.69) is 4.98 Å². The summed E-state index contributed by atoms with van der Waals surface area (Å²) in [5.74, 6) is 1.04. The van der Waals surface area contributed by atoms with Gasteiger partial charge in [-0.2, -0.15) is 4.31 Å². The van der Waals surface area contributed by atoms with Gasteiger partial charge in [-0.3, -0.25) is 9.78 Å². The molecule has 3 heterocycles. The Morgan fingerprint density at radius 1 is 1.03 bits per heavy atom. The highest BCUT2D eigenvalue weighted by molar-refractivity contribution is 7.89. The molecule has 198 valence electrons. The van der Waals surface area contributed by atoms with Crippen molar-refractivity contribution in [3.05, 3.63) is 82.7 Å². The average Bonchev–Trinajstić information content (AvgIpc) is 3.59. The number of fused-ring (bicyclic) bond motifs is 2. The number of carbonyl (C=O) groups is 1. The first kappa shape index (κ1) is 26.1. The van der Waals surface area contributed by atoms with Gasteiger partial charge in [0, 0.05) is 29.5 Å². The molecule has 1 aliphatic rings. The highest BCUT2D eigenvalue weighted by atomic mass is 32.2. The van der Waals surface area contributed by atoms with Gasteiger partial charge in [-0.25, -0.2) is 8.42 Å². The third-order valence-electron chi connectivity index (χ3n) is 6.18. The van der Waals surface area contributed by atoms with Crippen LogP contribution in [-0.4, -0.2) is 48.4 Å². The van der Waals surface area contributed by atoms with Gasteiger partial charge in [0.1, 0.15) is 4.90 Å². The van der Waals surface area contributed by atoms with Crippen LogP contribution in [0.3, 0.4) is 0 Å². The number of pyridine rings is 1. The minimum absolute atomic E-state index is 0.0140. The van der Waals surface area contributed by atoms with Crippen LogP contribution in [0.25, 0.3) is 10.9 Å². The van der Waals surface area contributed by atoms with Crippen LogP contribution in [0.2, 0.25) is 0 Å². The van der Waals surface area contributed by atoms with Gasteiger partial charge in [-0.1, -0.05) is 44.2 Å². The van der Waals surface area contributed by atoms with E-state index in [-0.39, 0.29) is 36.6 Å². The van der Waals surface area contributed by atoms with E-state index in [0.29, 0.717) is 30.1 Å². The smallest absolute Gasteiger partial charge is 0.245 e. The molecule has 0 N–H and O–H groups in total. The Morgan fingerprint density at radius 3 is 2.63 bits per heavy atom. The van der Waals surface area contributed by atoms with Gasteiger partial charge in [-0.15, -0.1) is 11.3 Å². The van der Waals surface area contributed by atoms with Crippen molar-refractivity contribution in [1.82, 2.24) is 14.2 Å². The van der Waals surface area contributed by atoms with Crippen molar-refractivity contribution < 1.29 is 22.7 Å². The van der Waals surface area contributed by atoms with Crippen molar-refractivity contribution >= 4 is 38.2 Å². The fraction of sp³-hybridized carbons (Fsp3) is 0.286. The molecule has 5 rings (SSSR count). The highest BCUT2D eigenvalue weighted by Gasteiger charge is 2.31. The molecule has 2 aromatic carbocycles. The van der Waals surface area contributed by atoms with Gasteiger partial charge in [0.25, 0.3) is 0 Å². The Labute approximate surface area is 226 Å². The van der Waals surface area contributed by atoms with Crippen molar-refractivity contribution in [2.45, 2.75) is 31.8 Å². The Bertz CT molecular complexity index is 1530. The zero-order valence-electron chi connectivity index (χ0n) is 21.2. The third-order valence-corrected chi connectivity index (χ3v) is 8.89. The number of thiophene rings is 1. The summed E-state index contributed by atoms with van der Waals surface area (Å²) in [4.78, 5) is 20.9. The molecule has 0 unspecified atom stereocenters. The zero-order valence-corrected chi connectivity index (χ0v) is 22.9. The van der Waals surface area contributed by atoms with Gasteiger partial charge >= 0.3 is 0 Å². The van der Waals surface area contributed by atoms with E-state index in [4.69, 9.17) is 9.47 Å². The van der Waals surface area contributed by atoms with E-state index in [1.807, 2.05) is 61.7 Å². The number of amides is 1. The van der Waals surface area contributed by atoms with Crippen LogP contribution in [0.4, 0.5) is 0 Å². The maximum atomic E-state index is 13.9. The van der Waals surface area contributed by atoms with Gasteiger partial charge < -0.3 is 14.4 Å². The Morgan fingerprint density at radius 2 is 1.84 bits per heavy atom. The van der Waals surface area contributed by atoms with E-state index < -0.39 is 10.0 Å². The number of rotatable bonds is 10. The monoisotopic (exact) mass is 551 g/mol. The van der Waals surface area contributed by atoms with Crippen LogP contribution in [0.5, 0.6) is 11.5 Å². The topological polar surface area (TPSA) is 89.0 Å². The Balaban J connectivity index is 1.45. The van der Waals surface area contributed by atoms with E-state index in [0.717, 1.165) is 15.8 Å². The molecule has 0 fully saturated rings. The molecule has 0 aliphatic carbocycles. The molecule has 1 aliphatic heterocycles. The lowest BCUT2D eigenvalue weighted by molar-refractivity contribution is -0.132. The maximum absolute atomic E-state index is 13.9. The van der Waals surface area contributed by atoms with E-state index in [1.165, 1.54) is 4.31 Å². The number of ether oxygens (including phenoxy) is 2. The number of hydrogen-bond acceptors (Lipinski definition) is 7. The van der Waals surface area contributed by atoms with Gasteiger partial charge in [0.05, 0.1) is 18.6 Å². The van der Waals surface area contributed by atoms with Crippen LogP contribution in [-0.2, 0) is 27.9 Å². The Kier molecular flexibility index (Phi) is 7.64. The number of nitrogens with zero attached hydrogens (tertiary/aromatic N) is 3. The Hall–Kier alpha value is -3.47. The summed E-state index contributed by atoms with van der Waals surface area (Å²) in [6, 6.07) is 18.2. The van der Waals surface area contributed by atoms with E-state index >= 15 is 0 Å². The number of benzene rings is 2. The van der Waals surface area contributed by atoms with Crippen LogP contribution in [0, 0.1) is 5.92 Å². The summed E-state index contributed by atoms with van der Waals surface area (Å²) in [5.41, 5.74) is 1.27. The second kappa shape index (κ2) is 11.1. The molecular formula is C28H29N3O5S2. The average molecular weight is 552 g/mol. The standard InChI is InChI=1S/C28H29N3O5S2/c1-20(2)15-31(38(33,34)26-9-3-6-22-7-4-12-29-28(22)26)18-27(32)30(17-23-8-5-13-37-23)16-21-10-11-24-25(14-21)36-19-35-24/h3-14,20H,15-19H2,1-2H3. The highest BCUT2D eigenvalue weighted by Crippen LogP contribution is 2.33. The van der Waals surface area contributed by atoms with Crippen LogP contribution in [0.1, 0.15) is 24.3 Å². The lowest BCUT2D eigenvalue weighted by atomic mass is 10.2. The maximum Gasteiger partial charge on any atom is 0.245 e. The summed E-state index contributed by atoms with van der Waals surface area (Å²) in [6.45, 7) is 4.64. The molecule has 1 amide bonds. The normalized spacial score (nSPS) is 12.9. The van der Waals surface area contributed by atoms with E-state index in [1.54, 1.807) is 40.6 Å². The predicted octanol–water partition coefficient (Wildman–Crippen LogP) is 4.90. The molecule has 0 saturated heterocycles. The first-order valence-electron chi connectivity index (χ1n) is 12.3. The van der Waals surface area contributed by atoms with Gasteiger partial charge in [0.15, 0.2) is 11.5 Å². The summed E-state index contributed by atoms with van der Waals surface area (Å²) >= 11 is 1.55. The molecule has 0 bridgehead atoms. The van der Waals surface area contributed by atoms with Crippen molar-refractivity contribution in [2.24, 2.45) is 5.92 Å². The number of hydrogen-bond donors (Lipinski definition) is 0. The lowest BCUT2D eigenvalue weighted by Crippen LogP contribution is -2.43. The lowest BCUT2D eigenvalue weighted by Gasteiger charge is -2.28. The third kappa shape index (κ3) is 5.67. The fourth-order valence-electron chi connectivity index (χ4n) is 4.41. The molecule has 10 heteroatoms. The number of para-hydroxylation sites is 1. The molecule has 4 aromatic rings.